The van der Waals surface area contributed by atoms with E-state index in [1.54, 1.807) is 22.9 Å². The third-order valence-electron chi connectivity index (χ3n) is 5.10. The second-order valence-electron chi connectivity index (χ2n) is 7.35. The third kappa shape index (κ3) is 5.31. The molecular formula is C21H21N5O3S2. The summed E-state index contributed by atoms with van der Waals surface area (Å²) in [7, 11) is 0. The minimum Gasteiger partial charge on any atom is -0.338 e. The number of aromatic nitrogens is 3. The van der Waals surface area contributed by atoms with Gasteiger partial charge in [-0.1, -0.05) is 17.8 Å². The molecule has 4 heterocycles. The zero-order valence-corrected chi connectivity index (χ0v) is 18.5. The van der Waals surface area contributed by atoms with Crippen LogP contribution in [-0.2, 0) is 15.3 Å². The summed E-state index contributed by atoms with van der Waals surface area (Å²) in [5.41, 5.74) is 3.06. The highest BCUT2D eigenvalue weighted by molar-refractivity contribution is 8.18. The highest BCUT2D eigenvalue weighted by Gasteiger charge is 2.30. The number of amides is 3. The summed E-state index contributed by atoms with van der Waals surface area (Å²) >= 11 is 2.32. The van der Waals surface area contributed by atoms with E-state index in [4.69, 9.17) is 4.98 Å². The van der Waals surface area contributed by atoms with Gasteiger partial charge in [-0.2, -0.15) is 0 Å². The number of nitrogens with zero attached hydrogens (tertiary/aromatic N) is 4. The van der Waals surface area contributed by atoms with Gasteiger partial charge in [0.25, 0.3) is 11.1 Å². The lowest BCUT2D eigenvalue weighted by Gasteiger charge is -2.32. The Balaban J connectivity index is 1.45. The Hall–Kier alpha value is -2.72. The van der Waals surface area contributed by atoms with E-state index in [-0.39, 0.29) is 16.7 Å². The lowest BCUT2D eigenvalue weighted by Crippen LogP contribution is -2.39. The van der Waals surface area contributed by atoms with Crippen LogP contribution in [0.4, 0.5) is 4.79 Å². The van der Waals surface area contributed by atoms with Crippen LogP contribution in [0.5, 0.6) is 0 Å². The molecule has 160 valence electrons. The Labute approximate surface area is 188 Å². The maximum absolute atomic E-state index is 12.7. The normalized spacial score (nSPS) is 20.2. The summed E-state index contributed by atoms with van der Waals surface area (Å²) < 4.78 is 0. The van der Waals surface area contributed by atoms with Crippen LogP contribution < -0.4 is 5.32 Å². The molecule has 2 aliphatic rings. The van der Waals surface area contributed by atoms with Gasteiger partial charge < -0.3 is 4.90 Å². The number of thioether (sulfide) groups is 2. The monoisotopic (exact) mass is 455 g/mol. The lowest BCUT2D eigenvalue weighted by atomic mass is 9.92. The van der Waals surface area contributed by atoms with Gasteiger partial charge in [-0.25, -0.2) is 9.97 Å². The van der Waals surface area contributed by atoms with Crippen molar-refractivity contribution >= 4 is 40.6 Å². The number of carbonyl (C=O) groups excluding carboxylic acids is 3. The predicted molar refractivity (Wildman–Crippen MR) is 118 cm³/mol. The molecule has 2 aromatic heterocycles. The maximum atomic E-state index is 12.7. The van der Waals surface area contributed by atoms with Crippen molar-refractivity contribution in [3.8, 4) is 0 Å². The molecule has 4 rings (SSSR count). The predicted octanol–water partition coefficient (Wildman–Crippen LogP) is 3.05. The van der Waals surface area contributed by atoms with Gasteiger partial charge in [0.1, 0.15) is 0 Å². The van der Waals surface area contributed by atoms with Crippen molar-refractivity contribution in [3.05, 3.63) is 58.5 Å². The first kappa shape index (κ1) is 21.5. The number of carbonyl (C=O) groups is 3. The van der Waals surface area contributed by atoms with E-state index in [9.17, 15) is 14.4 Å². The minimum absolute atomic E-state index is 0.100. The van der Waals surface area contributed by atoms with Crippen molar-refractivity contribution in [2.24, 2.45) is 0 Å². The largest absolute Gasteiger partial charge is 0.338 e. The van der Waals surface area contributed by atoms with Crippen LogP contribution in [0.1, 0.15) is 35.6 Å². The SMILES string of the molecule is Cc1cnc(SCc2cccnc2)nc1[C@H]1CCCN(C(=O)/C=C2\SC(=O)NC2=O)C1. The smallest absolute Gasteiger partial charge is 0.290 e. The Morgan fingerprint density at radius 2 is 2.26 bits per heavy atom. The first-order chi connectivity index (χ1) is 15.0. The second kappa shape index (κ2) is 9.61. The van der Waals surface area contributed by atoms with Gasteiger partial charge in [0, 0.05) is 49.4 Å². The molecule has 10 heteroatoms. The third-order valence-corrected chi connectivity index (χ3v) is 6.84. The summed E-state index contributed by atoms with van der Waals surface area (Å²) in [5.74, 6) is 0.0646. The van der Waals surface area contributed by atoms with E-state index in [1.807, 2.05) is 31.5 Å². The Bertz CT molecular complexity index is 1040. The van der Waals surface area contributed by atoms with Gasteiger partial charge in [0.2, 0.25) is 5.91 Å². The second-order valence-corrected chi connectivity index (χ2v) is 9.30. The molecule has 31 heavy (non-hydrogen) atoms. The van der Waals surface area contributed by atoms with E-state index in [1.165, 1.54) is 6.08 Å². The quantitative estimate of drug-likeness (QED) is 0.417. The van der Waals surface area contributed by atoms with Gasteiger partial charge in [0.05, 0.1) is 10.6 Å². The van der Waals surface area contributed by atoms with Crippen molar-refractivity contribution in [3.63, 3.8) is 0 Å². The highest BCUT2D eigenvalue weighted by Crippen LogP contribution is 2.30. The zero-order chi connectivity index (χ0) is 21.8. The number of nitrogens with one attached hydrogen (secondary N) is 1. The molecule has 3 amide bonds. The first-order valence-corrected chi connectivity index (χ1v) is 11.7. The van der Waals surface area contributed by atoms with Crippen LogP contribution in [0.2, 0.25) is 0 Å². The van der Waals surface area contributed by atoms with Gasteiger partial charge in [-0.05, 0) is 48.7 Å². The summed E-state index contributed by atoms with van der Waals surface area (Å²) in [6, 6.07) is 3.93. The van der Waals surface area contributed by atoms with Gasteiger partial charge in [-0.3, -0.25) is 24.7 Å². The molecule has 1 N–H and O–H groups in total. The van der Waals surface area contributed by atoms with Crippen molar-refractivity contribution in [1.29, 1.82) is 0 Å². The molecule has 1 atom stereocenters. The summed E-state index contributed by atoms with van der Waals surface area (Å²) in [6.45, 7) is 3.12. The zero-order valence-electron chi connectivity index (χ0n) is 16.9. The standard InChI is InChI=1S/C21H21N5O3S2/c1-13-9-23-20(30-12-14-4-2-6-22-10-14)24-18(13)15-5-3-7-26(11-15)17(27)8-16-19(28)25-21(29)31-16/h2,4,6,8-10,15H,3,5,7,11-12H2,1H3,(H,25,28,29)/b16-8-/t15-/m0/s1. The van der Waals surface area contributed by atoms with Crippen LogP contribution in [0.25, 0.3) is 0 Å². The molecule has 0 bridgehead atoms. The van der Waals surface area contributed by atoms with Crippen molar-refractivity contribution in [1.82, 2.24) is 25.2 Å². The van der Waals surface area contributed by atoms with Crippen LogP contribution >= 0.6 is 23.5 Å². The molecule has 0 unspecified atom stereocenters. The minimum atomic E-state index is -0.515. The summed E-state index contributed by atoms with van der Waals surface area (Å²) in [6.07, 6.45) is 8.45. The molecule has 2 aromatic rings. The van der Waals surface area contributed by atoms with Crippen molar-refractivity contribution in [2.45, 2.75) is 36.6 Å². The maximum Gasteiger partial charge on any atom is 0.290 e. The molecule has 2 aliphatic heterocycles. The molecule has 2 fully saturated rings. The van der Waals surface area contributed by atoms with E-state index in [0.717, 1.165) is 47.2 Å². The number of aryl methyl sites for hydroxylation is 1. The molecule has 0 spiro atoms. The van der Waals surface area contributed by atoms with E-state index >= 15 is 0 Å². The Morgan fingerprint density at radius 3 is 3.00 bits per heavy atom. The fourth-order valence-corrected chi connectivity index (χ4v) is 4.98. The van der Waals surface area contributed by atoms with Crippen LogP contribution in [0, 0.1) is 6.92 Å². The number of piperidine rings is 1. The van der Waals surface area contributed by atoms with Crippen LogP contribution in [-0.4, -0.2) is 50.0 Å². The fourth-order valence-electron chi connectivity index (χ4n) is 3.58. The number of hydrogen-bond acceptors (Lipinski definition) is 8. The molecule has 0 radical (unpaired) electrons. The molecule has 0 aliphatic carbocycles. The number of imide groups is 1. The molecule has 0 aromatic carbocycles. The van der Waals surface area contributed by atoms with E-state index in [0.29, 0.717) is 18.2 Å². The average Bonchev–Trinajstić information content (AvgIpc) is 3.10. The van der Waals surface area contributed by atoms with E-state index < -0.39 is 11.1 Å². The summed E-state index contributed by atoms with van der Waals surface area (Å²) in [4.78, 5) is 51.0. The molecular weight excluding hydrogens is 434 g/mol. The number of hydrogen-bond donors (Lipinski definition) is 1. The topological polar surface area (TPSA) is 105 Å². The van der Waals surface area contributed by atoms with Gasteiger partial charge >= 0.3 is 0 Å². The number of rotatable bonds is 5. The first-order valence-electron chi connectivity index (χ1n) is 9.88. The Kier molecular flexibility index (Phi) is 6.67. The van der Waals surface area contributed by atoms with Crippen molar-refractivity contribution in [2.75, 3.05) is 13.1 Å². The van der Waals surface area contributed by atoms with Crippen LogP contribution in [0.3, 0.4) is 0 Å². The lowest BCUT2D eigenvalue weighted by molar-refractivity contribution is -0.127. The van der Waals surface area contributed by atoms with Crippen LogP contribution in [0.15, 0.2) is 46.9 Å². The summed E-state index contributed by atoms with van der Waals surface area (Å²) in [5, 5.41) is 2.42. The fraction of sp³-hybridized carbons (Fsp3) is 0.333. The molecule has 8 nitrogen and oxygen atoms in total. The Morgan fingerprint density at radius 1 is 1.39 bits per heavy atom. The average molecular weight is 456 g/mol. The van der Waals surface area contributed by atoms with Gasteiger partial charge in [0.15, 0.2) is 5.16 Å². The molecule has 0 saturated carbocycles. The van der Waals surface area contributed by atoms with Gasteiger partial charge in [-0.15, -0.1) is 0 Å². The van der Waals surface area contributed by atoms with Crippen molar-refractivity contribution < 1.29 is 14.4 Å². The molecule has 2 saturated heterocycles. The number of likely N-dealkylation sites (tertiary alicyclic amines) is 1. The number of pyridine rings is 1. The van der Waals surface area contributed by atoms with E-state index in [2.05, 4.69) is 15.3 Å². The highest BCUT2D eigenvalue weighted by atomic mass is 32.2.